The lowest BCUT2D eigenvalue weighted by molar-refractivity contribution is 0.156. The molecule has 0 aliphatic heterocycles. The first-order valence-corrected chi connectivity index (χ1v) is 8.05. The summed E-state index contributed by atoms with van der Waals surface area (Å²) in [7, 11) is 0. The van der Waals surface area contributed by atoms with E-state index in [9.17, 15) is 5.11 Å². The van der Waals surface area contributed by atoms with Crippen LogP contribution < -0.4 is 0 Å². The van der Waals surface area contributed by atoms with Gasteiger partial charge in [-0.2, -0.15) is 0 Å². The van der Waals surface area contributed by atoms with E-state index in [4.69, 9.17) is 16.7 Å². The average Bonchev–Trinajstić information content (AvgIpc) is 2.90. The van der Waals surface area contributed by atoms with Crippen LogP contribution in [0.3, 0.4) is 0 Å². The van der Waals surface area contributed by atoms with Crippen LogP contribution in [0.2, 0.25) is 5.02 Å². The Morgan fingerprint density at radius 3 is 2.74 bits per heavy atom. The molecule has 0 saturated heterocycles. The van der Waals surface area contributed by atoms with E-state index in [0.29, 0.717) is 24.4 Å². The lowest BCUT2D eigenvalue weighted by atomic mass is 10.1. The fourth-order valence-electron chi connectivity index (χ4n) is 2.75. The molecule has 0 fully saturated rings. The first kappa shape index (κ1) is 16.0. The zero-order valence-electron chi connectivity index (χ0n) is 12.7. The maximum Gasteiger partial charge on any atom is 0.110 e. The van der Waals surface area contributed by atoms with E-state index >= 15 is 0 Å². The lowest BCUT2D eigenvalue weighted by Gasteiger charge is -2.15. The Morgan fingerprint density at radius 1 is 1.13 bits per heavy atom. The first-order valence-electron chi connectivity index (χ1n) is 7.67. The van der Waals surface area contributed by atoms with Crippen LogP contribution in [0, 0.1) is 0 Å². The zero-order chi connectivity index (χ0) is 16.2. The number of para-hydroxylation sites is 2. The number of aliphatic hydroxyl groups is 2. The monoisotopic (exact) mass is 330 g/mol. The number of rotatable bonds is 6. The molecule has 0 saturated carbocycles. The number of hydrogen-bond acceptors (Lipinski definition) is 3. The fraction of sp³-hybridized carbons (Fsp3) is 0.278. The SMILES string of the molecule is OCCCc1nc2ccccc2n1CC(O)c1cccc(Cl)c1. The molecule has 2 N–H and O–H groups in total. The van der Waals surface area contributed by atoms with Gasteiger partial charge in [0, 0.05) is 18.1 Å². The molecule has 4 nitrogen and oxygen atoms in total. The minimum Gasteiger partial charge on any atom is -0.396 e. The normalized spacial score (nSPS) is 12.7. The second-order valence-corrected chi connectivity index (χ2v) is 5.96. The Balaban J connectivity index is 1.94. The molecule has 0 bridgehead atoms. The van der Waals surface area contributed by atoms with Crippen molar-refractivity contribution in [3.63, 3.8) is 0 Å². The first-order chi connectivity index (χ1) is 11.2. The molecule has 1 unspecified atom stereocenters. The van der Waals surface area contributed by atoms with Crippen LogP contribution in [-0.4, -0.2) is 26.4 Å². The van der Waals surface area contributed by atoms with Gasteiger partial charge < -0.3 is 14.8 Å². The van der Waals surface area contributed by atoms with Crippen molar-refractivity contribution in [2.75, 3.05) is 6.61 Å². The minimum absolute atomic E-state index is 0.125. The molecule has 0 spiro atoms. The summed E-state index contributed by atoms with van der Waals surface area (Å²) in [6.07, 6.45) is 0.656. The molecule has 2 aromatic carbocycles. The van der Waals surface area contributed by atoms with Crippen LogP contribution in [-0.2, 0) is 13.0 Å². The Hall–Kier alpha value is -1.88. The number of benzene rings is 2. The van der Waals surface area contributed by atoms with E-state index in [-0.39, 0.29) is 6.61 Å². The molecule has 5 heteroatoms. The van der Waals surface area contributed by atoms with E-state index in [1.54, 1.807) is 12.1 Å². The van der Waals surface area contributed by atoms with Crippen LogP contribution in [0.5, 0.6) is 0 Å². The predicted molar refractivity (Wildman–Crippen MR) is 91.6 cm³/mol. The topological polar surface area (TPSA) is 58.3 Å². The van der Waals surface area contributed by atoms with Crippen molar-refractivity contribution in [1.29, 1.82) is 0 Å². The number of aromatic nitrogens is 2. The molecule has 1 atom stereocenters. The fourth-order valence-corrected chi connectivity index (χ4v) is 2.95. The highest BCUT2D eigenvalue weighted by Gasteiger charge is 2.15. The van der Waals surface area contributed by atoms with Gasteiger partial charge in [0.15, 0.2) is 0 Å². The van der Waals surface area contributed by atoms with Crippen LogP contribution in [0.25, 0.3) is 11.0 Å². The summed E-state index contributed by atoms with van der Waals surface area (Å²) in [5.41, 5.74) is 2.67. The molecule has 0 radical (unpaired) electrons. The zero-order valence-corrected chi connectivity index (χ0v) is 13.4. The van der Waals surface area contributed by atoms with Crippen LogP contribution in [0.4, 0.5) is 0 Å². The maximum atomic E-state index is 10.6. The summed E-state index contributed by atoms with van der Waals surface area (Å²) in [5, 5.41) is 20.3. The molecule has 120 valence electrons. The van der Waals surface area contributed by atoms with E-state index in [1.807, 2.05) is 41.0 Å². The standard InChI is InChI=1S/C18H19ClN2O2/c19-14-6-3-5-13(11-14)17(23)12-21-16-8-2-1-7-15(16)20-18(21)9-4-10-22/h1-3,5-8,11,17,22-23H,4,9-10,12H2. The number of aryl methyl sites for hydroxylation is 1. The summed E-state index contributed by atoms with van der Waals surface area (Å²) >= 11 is 6.01. The van der Waals surface area contributed by atoms with E-state index in [1.165, 1.54) is 0 Å². The summed E-state index contributed by atoms with van der Waals surface area (Å²) < 4.78 is 2.02. The molecule has 0 amide bonds. The molecule has 0 aliphatic carbocycles. The average molecular weight is 331 g/mol. The number of hydrogen-bond donors (Lipinski definition) is 2. The predicted octanol–water partition coefficient (Wildman–Crippen LogP) is 3.35. The van der Waals surface area contributed by atoms with Crippen molar-refractivity contribution in [2.24, 2.45) is 0 Å². The van der Waals surface area contributed by atoms with Crippen molar-refractivity contribution in [2.45, 2.75) is 25.5 Å². The Kier molecular flexibility index (Phi) is 4.96. The van der Waals surface area contributed by atoms with Crippen molar-refractivity contribution >= 4 is 22.6 Å². The highest BCUT2D eigenvalue weighted by Crippen LogP contribution is 2.23. The van der Waals surface area contributed by atoms with Crippen molar-refractivity contribution in [3.05, 3.63) is 64.9 Å². The van der Waals surface area contributed by atoms with Gasteiger partial charge in [-0.3, -0.25) is 0 Å². The second kappa shape index (κ2) is 7.13. The van der Waals surface area contributed by atoms with Gasteiger partial charge in [0.05, 0.1) is 23.7 Å². The summed E-state index contributed by atoms with van der Waals surface area (Å²) in [6, 6.07) is 15.1. The van der Waals surface area contributed by atoms with Gasteiger partial charge in [0.2, 0.25) is 0 Å². The van der Waals surface area contributed by atoms with Gasteiger partial charge in [-0.1, -0.05) is 35.9 Å². The molecule has 0 aliphatic rings. The number of imidazole rings is 1. The number of nitrogens with zero attached hydrogens (tertiary/aromatic N) is 2. The summed E-state index contributed by atoms with van der Waals surface area (Å²) in [5.74, 6) is 0.876. The number of halogens is 1. The second-order valence-electron chi connectivity index (χ2n) is 5.53. The van der Waals surface area contributed by atoms with E-state index in [0.717, 1.165) is 22.4 Å². The van der Waals surface area contributed by atoms with E-state index < -0.39 is 6.10 Å². The Labute approximate surface area is 140 Å². The van der Waals surface area contributed by atoms with Gasteiger partial charge >= 0.3 is 0 Å². The van der Waals surface area contributed by atoms with Gasteiger partial charge in [0.1, 0.15) is 5.82 Å². The third kappa shape index (κ3) is 3.55. The van der Waals surface area contributed by atoms with Gasteiger partial charge in [-0.25, -0.2) is 4.98 Å². The molecular formula is C18H19ClN2O2. The van der Waals surface area contributed by atoms with Crippen LogP contribution >= 0.6 is 11.6 Å². The van der Waals surface area contributed by atoms with Crippen LogP contribution in [0.15, 0.2) is 48.5 Å². The molecule has 1 heterocycles. The van der Waals surface area contributed by atoms with Crippen molar-refractivity contribution in [3.8, 4) is 0 Å². The summed E-state index contributed by atoms with van der Waals surface area (Å²) in [4.78, 5) is 4.63. The number of fused-ring (bicyclic) bond motifs is 1. The van der Waals surface area contributed by atoms with Crippen molar-refractivity contribution < 1.29 is 10.2 Å². The molecule has 23 heavy (non-hydrogen) atoms. The minimum atomic E-state index is -0.667. The van der Waals surface area contributed by atoms with Crippen LogP contribution in [0.1, 0.15) is 23.9 Å². The quantitative estimate of drug-likeness (QED) is 0.728. The largest absolute Gasteiger partial charge is 0.396 e. The summed E-state index contributed by atoms with van der Waals surface area (Å²) in [6.45, 7) is 0.529. The van der Waals surface area contributed by atoms with Gasteiger partial charge in [0.25, 0.3) is 0 Å². The highest BCUT2D eigenvalue weighted by molar-refractivity contribution is 6.30. The van der Waals surface area contributed by atoms with Crippen molar-refractivity contribution in [1.82, 2.24) is 9.55 Å². The van der Waals surface area contributed by atoms with Gasteiger partial charge in [-0.15, -0.1) is 0 Å². The third-order valence-electron chi connectivity index (χ3n) is 3.88. The molecular weight excluding hydrogens is 312 g/mol. The lowest BCUT2D eigenvalue weighted by Crippen LogP contribution is -2.12. The number of aliphatic hydroxyl groups excluding tert-OH is 2. The van der Waals surface area contributed by atoms with Gasteiger partial charge in [-0.05, 0) is 36.2 Å². The third-order valence-corrected chi connectivity index (χ3v) is 4.12. The smallest absolute Gasteiger partial charge is 0.110 e. The molecule has 3 rings (SSSR count). The Bertz CT molecular complexity index is 801. The highest BCUT2D eigenvalue weighted by atomic mass is 35.5. The maximum absolute atomic E-state index is 10.6. The Morgan fingerprint density at radius 2 is 1.96 bits per heavy atom. The molecule has 1 aromatic heterocycles. The molecule has 3 aromatic rings. The van der Waals surface area contributed by atoms with E-state index in [2.05, 4.69) is 4.98 Å².